The van der Waals surface area contributed by atoms with Crippen LogP contribution >= 0.6 is 0 Å². The third-order valence-electron chi connectivity index (χ3n) is 1.55. The van der Waals surface area contributed by atoms with Crippen LogP contribution in [0.25, 0.3) is 0 Å². The van der Waals surface area contributed by atoms with Crippen LogP contribution in [0.2, 0.25) is 0 Å². The summed E-state index contributed by atoms with van der Waals surface area (Å²) >= 11 is 0. The molecule has 0 saturated heterocycles. The molecule has 0 aliphatic rings. The lowest BCUT2D eigenvalue weighted by Crippen LogP contribution is -1.85. The van der Waals surface area contributed by atoms with Crippen molar-refractivity contribution in [2.24, 2.45) is 14.1 Å². The van der Waals surface area contributed by atoms with Gasteiger partial charge in [-0.05, 0) is 19.4 Å². The smallest absolute Gasteiger partial charge is 0.0796 e. The zero-order valence-corrected chi connectivity index (χ0v) is 8.97. The Morgan fingerprint density at radius 1 is 1.07 bits per heavy atom. The summed E-state index contributed by atoms with van der Waals surface area (Å²) < 4.78 is 3.46. The third-order valence-corrected chi connectivity index (χ3v) is 1.55. The van der Waals surface area contributed by atoms with Crippen molar-refractivity contribution in [3.05, 3.63) is 29.8 Å². The summed E-state index contributed by atoms with van der Waals surface area (Å²) in [7, 11) is 3.76. The fourth-order valence-corrected chi connectivity index (χ4v) is 1.01. The van der Waals surface area contributed by atoms with E-state index in [0.717, 1.165) is 5.69 Å². The molecule has 0 amide bonds. The molecule has 2 rings (SSSR count). The zero-order valence-electron chi connectivity index (χ0n) is 8.97. The molecule has 76 valence electrons. The van der Waals surface area contributed by atoms with Crippen LogP contribution in [0.3, 0.4) is 0 Å². The number of hydrogen-bond donors (Lipinski definition) is 0. The molecule has 0 aromatic carbocycles. The van der Waals surface area contributed by atoms with Crippen molar-refractivity contribution in [2.45, 2.75) is 13.8 Å². The molecule has 0 bridgehead atoms. The maximum atomic E-state index is 3.93. The highest BCUT2D eigenvalue weighted by Crippen LogP contribution is 1.88. The minimum atomic E-state index is 0.961. The average molecular weight is 193 g/mol. The van der Waals surface area contributed by atoms with Crippen LogP contribution < -0.4 is 0 Å². The van der Waals surface area contributed by atoms with Crippen LogP contribution in [0.4, 0.5) is 0 Å². The first-order valence-corrected chi connectivity index (χ1v) is 4.36. The first-order valence-electron chi connectivity index (χ1n) is 4.36. The van der Waals surface area contributed by atoms with Crippen molar-refractivity contribution in [3.8, 4) is 0 Å². The maximum Gasteiger partial charge on any atom is 0.0796 e. The number of hydrogen-bond acceptors (Lipinski definition) is 3. The molecule has 0 atom stereocenters. The standard InChI is InChI=1S/C5H8N2.C4H7N3/c1-5-3-6-7(2)4-5;1-4-3-7(2)6-5-4/h3-4H,1-2H3;3H,1-2H3. The summed E-state index contributed by atoms with van der Waals surface area (Å²) in [4.78, 5) is 0. The van der Waals surface area contributed by atoms with E-state index >= 15 is 0 Å². The minimum absolute atomic E-state index is 0.961. The van der Waals surface area contributed by atoms with Gasteiger partial charge < -0.3 is 0 Å². The van der Waals surface area contributed by atoms with E-state index in [-0.39, 0.29) is 0 Å². The fraction of sp³-hybridized carbons (Fsp3) is 0.444. The normalized spacial score (nSPS) is 9.43. The van der Waals surface area contributed by atoms with Crippen LogP contribution in [0.15, 0.2) is 18.6 Å². The number of rotatable bonds is 0. The van der Waals surface area contributed by atoms with Crippen LogP contribution in [-0.2, 0) is 14.1 Å². The Hall–Kier alpha value is -1.65. The predicted molar refractivity (Wildman–Crippen MR) is 53.7 cm³/mol. The van der Waals surface area contributed by atoms with E-state index in [4.69, 9.17) is 0 Å². The van der Waals surface area contributed by atoms with Gasteiger partial charge in [-0.2, -0.15) is 5.10 Å². The quantitative estimate of drug-likeness (QED) is 0.623. The molecule has 0 aliphatic carbocycles. The van der Waals surface area contributed by atoms with Gasteiger partial charge in [0.1, 0.15) is 0 Å². The average Bonchev–Trinajstić information content (AvgIpc) is 2.63. The number of aromatic nitrogens is 5. The Bertz CT molecular complexity index is 316. The van der Waals surface area contributed by atoms with Crippen LogP contribution in [-0.4, -0.2) is 24.8 Å². The van der Waals surface area contributed by atoms with Gasteiger partial charge in [-0.3, -0.25) is 9.36 Å². The van der Waals surface area contributed by atoms with Gasteiger partial charge in [-0.25, -0.2) is 0 Å². The molecule has 2 aromatic heterocycles. The summed E-state index contributed by atoms with van der Waals surface area (Å²) in [5, 5.41) is 11.3. The van der Waals surface area contributed by atoms with E-state index < -0.39 is 0 Å². The summed E-state index contributed by atoms with van der Waals surface area (Å²) in [6.45, 7) is 3.93. The van der Waals surface area contributed by atoms with E-state index in [1.807, 2.05) is 46.5 Å². The molecule has 0 radical (unpaired) electrons. The molecule has 5 nitrogen and oxygen atoms in total. The summed E-state index contributed by atoms with van der Waals surface area (Å²) in [5.41, 5.74) is 2.17. The van der Waals surface area contributed by atoms with Gasteiger partial charge in [-0.15, -0.1) is 5.10 Å². The molecule has 0 unspecified atom stereocenters. The monoisotopic (exact) mass is 193 g/mol. The lowest BCUT2D eigenvalue weighted by Gasteiger charge is -1.78. The highest BCUT2D eigenvalue weighted by atomic mass is 15.4. The minimum Gasteiger partial charge on any atom is -0.276 e. The Morgan fingerprint density at radius 2 is 1.79 bits per heavy atom. The second-order valence-electron chi connectivity index (χ2n) is 3.22. The van der Waals surface area contributed by atoms with E-state index in [0.29, 0.717) is 0 Å². The number of nitrogens with zero attached hydrogens (tertiary/aromatic N) is 5. The van der Waals surface area contributed by atoms with E-state index in [2.05, 4.69) is 15.4 Å². The Morgan fingerprint density at radius 3 is 1.93 bits per heavy atom. The van der Waals surface area contributed by atoms with Gasteiger partial charge in [-0.1, -0.05) is 5.21 Å². The van der Waals surface area contributed by atoms with Crippen molar-refractivity contribution in [2.75, 3.05) is 0 Å². The third kappa shape index (κ3) is 3.38. The van der Waals surface area contributed by atoms with Gasteiger partial charge in [0.2, 0.25) is 0 Å². The number of aryl methyl sites for hydroxylation is 4. The Labute approximate surface area is 83.4 Å². The first kappa shape index (κ1) is 10.4. The lowest BCUT2D eigenvalue weighted by molar-refractivity contribution is 0.714. The van der Waals surface area contributed by atoms with Gasteiger partial charge in [0.25, 0.3) is 0 Å². The van der Waals surface area contributed by atoms with Crippen molar-refractivity contribution >= 4 is 0 Å². The van der Waals surface area contributed by atoms with Crippen molar-refractivity contribution < 1.29 is 0 Å². The Balaban J connectivity index is 0.000000140. The topological polar surface area (TPSA) is 48.5 Å². The molecule has 0 aliphatic heterocycles. The predicted octanol–water partition coefficient (Wildman–Crippen LogP) is 0.852. The molecule has 0 saturated carbocycles. The summed E-state index contributed by atoms with van der Waals surface area (Å²) in [6, 6.07) is 0. The van der Waals surface area contributed by atoms with Gasteiger partial charge in [0, 0.05) is 26.5 Å². The van der Waals surface area contributed by atoms with Crippen LogP contribution in [0.5, 0.6) is 0 Å². The molecule has 2 heterocycles. The molecule has 2 aromatic rings. The van der Waals surface area contributed by atoms with E-state index in [1.165, 1.54) is 5.56 Å². The highest BCUT2D eigenvalue weighted by molar-refractivity contribution is 4.98. The van der Waals surface area contributed by atoms with E-state index in [1.54, 1.807) is 9.36 Å². The van der Waals surface area contributed by atoms with Crippen molar-refractivity contribution in [1.82, 2.24) is 24.8 Å². The molecule has 5 heteroatoms. The largest absolute Gasteiger partial charge is 0.276 e. The fourth-order valence-electron chi connectivity index (χ4n) is 1.01. The van der Waals surface area contributed by atoms with Crippen LogP contribution in [0.1, 0.15) is 11.3 Å². The first-order chi connectivity index (χ1) is 6.58. The molecular formula is C9H15N5. The molecule has 0 spiro atoms. The SMILES string of the molecule is Cc1cn(C)nn1.Cc1cnn(C)c1. The zero-order chi connectivity index (χ0) is 10.6. The van der Waals surface area contributed by atoms with Crippen LogP contribution in [0, 0.1) is 13.8 Å². The Kier molecular flexibility index (Phi) is 3.39. The summed E-state index contributed by atoms with van der Waals surface area (Å²) in [6.07, 6.45) is 5.67. The molecule has 14 heavy (non-hydrogen) atoms. The van der Waals surface area contributed by atoms with E-state index in [9.17, 15) is 0 Å². The molecule has 0 N–H and O–H groups in total. The van der Waals surface area contributed by atoms with Crippen molar-refractivity contribution in [1.29, 1.82) is 0 Å². The maximum absolute atomic E-state index is 3.93. The van der Waals surface area contributed by atoms with Gasteiger partial charge >= 0.3 is 0 Å². The van der Waals surface area contributed by atoms with Crippen molar-refractivity contribution in [3.63, 3.8) is 0 Å². The second kappa shape index (κ2) is 4.55. The van der Waals surface area contributed by atoms with Gasteiger partial charge in [0.15, 0.2) is 0 Å². The lowest BCUT2D eigenvalue weighted by atomic mass is 10.4. The second-order valence-corrected chi connectivity index (χ2v) is 3.22. The summed E-state index contributed by atoms with van der Waals surface area (Å²) in [5.74, 6) is 0. The van der Waals surface area contributed by atoms with Gasteiger partial charge in [0.05, 0.1) is 11.9 Å². The molecular weight excluding hydrogens is 178 g/mol. The highest BCUT2D eigenvalue weighted by Gasteiger charge is 1.83. The molecule has 0 fully saturated rings.